The van der Waals surface area contributed by atoms with E-state index in [-0.39, 0.29) is 22.2 Å². The van der Waals surface area contributed by atoms with Crippen LogP contribution in [0.15, 0.2) is 18.2 Å². The van der Waals surface area contributed by atoms with Crippen molar-refractivity contribution < 1.29 is 14.7 Å². The number of carbonyl (C=O) groups excluding carboxylic acids is 1. The smallest absolute Gasteiger partial charge is 0.339 e. The first-order valence-electron chi connectivity index (χ1n) is 6.47. The molecule has 0 saturated carbocycles. The number of halogens is 1. The van der Waals surface area contributed by atoms with Gasteiger partial charge in [0.05, 0.1) is 10.7 Å². The van der Waals surface area contributed by atoms with Crippen molar-refractivity contribution >= 4 is 29.2 Å². The number of carboxylic acids is 1. The molecule has 20 heavy (non-hydrogen) atoms. The molecule has 1 aromatic rings. The van der Waals surface area contributed by atoms with Gasteiger partial charge in [0.25, 0.3) is 0 Å². The highest BCUT2D eigenvalue weighted by atomic mass is 35.5. The second kappa shape index (κ2) is 7.87. The van der Waals surface area contributed by atoms with Gasteiger partial charge in [-0.05, 0) is 25.1 Å². The Kier molecular flexibility index (Phi) is 6.48. The van der Waals surface area contributed by atoms with E-state index in [9.17, 15) is 9.59 Å². The van der Waals surface area contributed by atoms with Gasteiger partial charge in [-0.2, -0.15) is 0 Å². The van der Waals surface area contributed by atoms with Crippen LogP contribution in [0.4, 0.5) is 5.69 Å². The van der Waals surface area contributed by atoms with Gasteiger partial charge >= 0.3 is 5.97 Å². The standard InChI is InChI=1S/C14H19ClN2O3/c1-9(2)16-8-4-7-12(18)17-11-6-3-5-10(15)13(11)14(19)20/h3,5-6,9,16H,4,7-8H2,1-2H3,(H,17,18)(H,19,20). The average molecular weight is 299 g/mol. The summed E-state index contributed by atoms with van der Waals surface area (Å²) in [6, 6.07) is 4.99. The van der Waals surface area contributed by atoms with Gasteiger partial charge in [0.2, 0.25) is 5.91 Å². The molecular formula is C14H19ClN2O3. The second-order valence-corrected chi connectivity index (χ2v) is 5.14. The van der Waals surface area contributed by atoms with Crippen LogP contribution in [-0.4, -0.2) is 29.6 Å². The van der Waals surface area contributed by atoms with Gasteiger partial charge in [-0.15, -0.1) is 0 Å². The third-order valence-corrected chi connectivity index (χ3v) is 2.95. The summed E-state index contributed by atoms with van der Waals surface area (Å²) < 4.78 is 0. The summed E-state index contributed by atoms with van der Waals surface area (Å²) >= 11 is 5.83. The van der Waals surface area contributed by atoms with E-state index in [4.69, 9.17) is 16.7 Å². The lowest BCUT2D eigenvalue weighted by atomic mass is 10.1. The molecule has 0 heterocycles. The topological polar surface area (TPSA) is 78.4 Å². The van der Waals surface area contributed by atoms with Crippen LogP contribution in [0.3, 0.4) is 0 Å². The number of anilines is 1. The molecule has 0 radical (unpaired) electrons. The van der Waals surface area contributed by atoms with E-state index < -0.39 is 5.97 Å². The van der Waals surface area contributed by atoms with Crippen molar-refractivity contribution in [2.24, 2.45) is 0 Å². The van der Waals surface area contributed by atoms with E-state index in [0.29, 0.717) is 18.9 Å². The largest absolute Gasteiger partial charge is 0.478 e. The first-order valence-corrected chi connectivity index (χ1v) is 6.84. The van der Waals surface area contributed by atoms with Crippen LogP contribution in [-0.2, 0) is 4.79 Å². The number of nitrogens with one attached hydrogen (secondary N) is 2. The zero-order valence-corrected chi connectivity index (χ0v) is 12.3. The van der Waals surface area contributed by atoms with E-state index in [2.05, 4.69) is 10.6 Å². The number of amides is 1. The highest BCUT2D eigenvalue weighted by Gasteiger charge is 2.15. The lowest BCUT2D eigenvalue weighted by molar-refractivity contribution is -0.116. The maximum atomic E-state index is 11.8. The number of carbonyl (C=O) groups is 2. The Morgan fingerprint density at radius 3 is 2.65 bits per heavy atom. The summed E-state index contributed by atoms with van der Waals surface area (Å²) in [5.74, 6) is -1.38. The van der Waals surface area contributed by atoms with E-state index >= 15 is 0 Å². The van der Waals surface area contributed by atoms with Crippen LogP contribution in [0.25, 0.3) is 0 Å². The second-order valence-electron chi connectivity index (χ2n) is 4.73. The van der Waals surface area contributed by atoms with Gasteiger partial charge < -0.3 is 15.7 Å². The van der Waals surface area contributed by atoms with Crippen molar-refractivity contribution in [3.8, 4) is 0 Å². The molecule has 0 aliphatic carbocycles. The van der Waals surface area contributed by atoms with Gasteiger partial charge in [0, 0.05) is 12.5 Å². The first-order chi connectivity index (χ1) is 9.41. The molecule has 1 rings (SSSR count). The van der Waals surface area contributed by atoms with Crippen LogP contribution in [0.1, 0.15) is 37.0 Å². The predicted molar refractivity (Wildman–Crippen MR) is 79.4 cm³/mol. The molecule has 3 N–H and O–H groups in total. The molecule has 0 spiro atoms. The van der Waals surface area contributed by atoms with Gasteiger partial charge in [-0.25, -0.2) is 4.79 Å². The SMILES string of the molecule is CC(C)NCCCC(=O)Nc1cccc(Cl)c1C(=O)O. The van der Waals surface area contributed by atoms with Crippen molar-refractivity contribution in [3.05, 3.63) is 28.8 Å². The summed E-state index contributed by atoms with van der Waals surface area (Å²) in [4.78, 5) is 22.9. The first kappa shape index (κ1) is 16.5. The van der Waals surface area contributed by atoms with E-state index in [1.54, 1.807) is 6.07 Å². The van der Waals surface area contributed by atoms with E-state index in [1.165, 1.54) is 12.1 Å². The quantitative estimate of drug-likeness (QED) is 0.676. The minimum atomic E-state index is -1.16. The zero-order valence-electron chi connectivity index (χ0n) is 11.6. The maximum Gasteiger partial charge on any atom is 0.339 e. The average Bonchev–Trinajstić information content (AvgIpc) is 2.34. The lowest BCUT2D eigenvalue weighted by Gasteiger charge is -2.10. The fourth-order valence-corrected chi connectivity index (χ4v) is 1.95. The minimum absolute atomic E-state index is 0.0807. The Bertz CT molecular complexity index is 489. The molecule has 5 nitrogen and oxygen atoms in total. The summed E-state index contributed by atoms with van der Waals surface area (Å²) in [6.45, 7) is 4.81. The monoisotopic (exact) mass is 298 g/mol. The fourth-order valence-electron chi connectivity index (χ4n) is 1.70. The molecule has 0 saturated heterocycles. The van der Waals surface area contributed by atoms with Gasteiger partial charge in [-0.3, -0.25) is 4.79 Å². The minimum Gasteiger partial charge on any atom is -0.478 e. The Balaban J connectivity index is 2.58. The number of aromatic carboxylic acids is 1. The zero-order chi connectivity index (χ0) is 15.1. The molecule has 6 heteroatoms. The summed E-state index contributed by atoms with van der Waals surface area (Å²) in [5, 5.41) is 15.0. The van der Waals surface area contributed by atoms with Crippen molar-refractivity contribution in [2.45, 2.75) is 32.7 Å². The molecule has 1 aromatic carbocycles. The maximum absolute atomic E-state index is 11.8. The molecular weight excluding hydrogens is 280 g/mol. The molecule has 0 aromatic heterocycles. The number of hydrogen-bond acceptors (Lipinski definition) is 3. The van der Waals surface area contributed by atoms with Gasteiger partial charge in [0.15, 0.2) is 0 Å². The van der Waals surface area contributed by atoms with E-state index in [0.717, 1.165) is 6.54 Å². The Morgan fingerprint density at radius 2 is 2.05 bits per heavy atom. The number of rotatable bonds is 7. The van der Waals surface area contributed by atoms with Crippen molar-refractivity contribution in [1.29, 1.82) is 0 Å². The molecule has 0 aliphatic heterocycles. The van der Waals surface area contributed by atoms with Crippen LogP contribution >= 0.6 is 11.6 Å². The lowest BCUT2D eigenvalue weighted by Crippen LogP contribution is -2.25. The van der Waals surface area contributed by atoms with Crippen LogP contribution in [0.5, 0.6) is 0 Å². The normalized spacial score (nSPS) is 10.6. The highest BCUT2D eigenvalue weighted by molar-refractivity contribution is 6.34. The number of hydrogen-bond donors (Lipinski definition) is 3. The van der Waals surface area contributed by atoms with Crippen LogP contribution in [0.2, 0.25) is 5.02 Å². The number of benzene rings is 1. The molecule has 110 valence electrons. The predicted octanol–water partition coefficient (Wildman–Crippen LogP) is 2.75. The van der Waals surface area contributed by atoms with Crippen LogP contribution < -0.4 is 10.6 Å². The molecule has 0 bridgehead atoms. The fraction of sp³-hybridized carbons (Fsp3) is 0.429. The summed E-state index contributed by atoms with van der Waals surface area (Å²) in [7, 11) is 0. The molecule has 0 unspecified atom stereocenters. The van der Waals surface area contributed by atoms with Crippen molar-refractivity contribution in [1.82, 2.24) is 5.32 Å². The Hall–Kier alpha value is -1.59. The third-order valence-electron chi connectivity index (χ3n) is 2.63. The van der Waals surface area contributed by atoms with Crippen molar-refractivity contribution in [2.75, 3.05) is 11.9 Å². The molecule has 1 amide bonds. The highest BCUT2D eigenvalue weighted by Crippen LogP contribution is 2.24. The third kappa shape index (κ3) is 5.19. The summed E-state index contributed by atoms with van der Waals surface area (Å²) in [5.41, 5.74) is 0.148. The summed E-state index contributed by atoms with van der Waals surface area (Å²) in [6.07, 6.45) is 1.01. The van der Waals surface area contributed by atoms with Gasteiger partial charge in [0.1, 0.15) is 5.56 Å². The van der Waals surface area contributed by atoms with Crippen molar-refractivity contribution in [3.63, 3.8) is 0 Å². The van der Waals surface area contributed by atoms with Crippen LogP contribution in [0, 0.1) is 0 Å². The van der Waals surface area contributed by atoms with E-state index in [1.807, 2.05) is 13.8 Å². The van der Waals surface area contributed by atoms with Gasteiger partial charge in [-0.1, -0.05) is 31.5 Å². The Morgan fingerprint density at radius 1 is 1.35 bits per heavy atom. The molecule has 0 fully saturated rings. The molecule has 0 aliphatic rings. The number of carboxylic acid groups (broad SMARTS) is 1. The molecule has 0 atom stereocenters. The Labute approximate surface area is 123 Å².